The number of hydrogen-bond acceptors (Lipinski definition) is 2. The molecule has 2 nitrogen and oxygen atoms in total. The van der Waals surface area contributed by atoms with E-state index in [0.29, 0.717) is 12.4 Å². The van der Waals surface area contributed by atoms with Gasteiger partial charge in [0, 0.05) is 5.41 Å². The first-order valence-electron chi connectivity index (χ1n) is 10.2. The molecule has 3 aromatic rings. The first-order valence-corrected chi connectivity index (χ1v) is 10.2. The van der Waals surface area contributed by atoms with Crippen molar-refractivity contribution in [2.24, 2.45) is 0 Å². The van der Waals surface area contributed by atoms with Gasteiger partial charge in [0.05, 0.1) is 5.56 Å². The van der Waals surface area contributed by atoms with Gasteiger partial charge >= 0.3 is 0 Å². The highest BCUT2D eigenvalue weighted by Gasteiger charge is 2.40. The largest absolute Gasteiger partial charge is 0.488 e. The first-order chi connectivity index (χ1) is 14.1. The van der Waals surface area contributed by atoms with Crippen molar-refractivity contribution >= 4 is 16.6 Å². The van der Waals surface area contributed by atoms with E-state index in [1.165, 1.54) is 21.9 Å². The molecule has 0 heterocycles. The van der Waals surface area contributed by atoms with Gasteiger partial charge in [-0.2, -0.15) is 0 Å². The summed E-state index contributed by atoms with van der Waals surface area (Å²) in [7, 11) is 0. The Balaban J connectivity index is 1.64. The van der Waals surface area contributed by atoms with Crippen LogP contribution in [0, 0.1) is 0 Å². The number of ether oxygens (including phenoxy) is 1. The molecule has 0 aromatic heterocycles. The lowest BCUT2D eigenvalue weighted by molar-refractivity contribution is 0.103. The molecule has 0 saturated heterocycles. The van der Waals surface area contributed by atoms with Crippen LogP contribution in [0.2, 0.25) is 0 Å². The maximum atomic E-state index is 12.9. The lowest BCUT2D eigenvalue weighted by atomic mass is 9.63. The van der Waals surface area contributed by atoms with Crippen LogP contribution >= 0.6 is 0 Å². The Morgan fingerprint density at radius 3 is 2.41 bits per heavy atom. The molecule has 0 radical (unpaired) electrons. The van der Waals surface area contributed by atoms with E-state index < -0.39 is 0 Å². The van der Waals surface area contributed by atoms with Crippen LogP contribution in [0.4, 0.5) is 0 Å². The van der Waals surface area contributed by atoms with Crippen LogP contribution in [0.1, 0.15) is 40.9 Å². The van der Waals surface area contributed by atoms with Gasteiger partial charge in [0.1, 0.15) is 12.4 Å². The Morgan fingerprint density at radius 2 is 1.72 bits per heavy atom. The molecule has 0 unspecified atom stereocenters. The SMILES string of the molecule is C/C=C(/C)COc1cccc2c1C(=O)C=CC21Cc2cccc3cccc(c23)C1. The molecule has 144 valence electrons. The smallest absolute Gasteiger partial charge is 0.189 e. The number of allylic oxidation sites excluding steroid dienone is 3. The van der Waals surface area contributed by atoms with Crippen LogP contribution in [0.15, 0.2) is 78.4 Å². The number of fused-ring (bicyclic) bond motifs is 2. The van der Waals surface area contributed by atoms with E-state index in [4.69, 9.17) is 4.74 Å². The number of benzene rings is 3. The van der Waals surface area contributed by atoms with Gasteiger partial charge in [-0.15, -0.1) is 0 Å². The molecule has 0 saturated carbocycles. The summed E-state index contributed by atoms with van der Waals surface area (Å²) in [5.41, 5.74) is 5.46. The molecule has 0 bridgehead atoms. The first kappa shape index (κ1) is 17.9. The molecule has 2 heteroatoms. The highest BCUT2D eigenvalue weighted by Crippen LogP contribution is 2.46. The summed E-state index contributed by atoms with van der Waals surface area (Å²) in [4.78, 5) is 12.9. The summed E-state index contributed by atoms with van der Waals surface area (Å²) in [6.07, 6.45) is 7.72. The molecule has 0 amide bonds. The lowest BCUT2D eigenvalue weighted by Crippen LogP contribution is -2.36. The highest BCUT2D eigenvalue weighted by molar-refractivity contribution is 6.09. The summed E-state index contributed by atoms with van der Waals surface area (Å²) in [6.45, 7) is 4.54. The fourth-order valence-electron chi connectivity index (χ4n) is 4.85. The average molecular weight is 380 g/mol. The van der Waals surface area contributed by atoms with Crippen LogP contribution in [0.5, 0.6) is 5.75 Å². The van der Waals surface area contributed by atoms with Gasteiger partial charge in [0.2, 0.25) is 0 Å². The van der Waals surface area contributed by atoms with Gasteiger partial charge in [0.25, 0.3) is 0 Å². The van der Waals surface area contributed by atoms with Crippen LogP contribution in [0.3, 0.4) is 0 Å². The minimum atomic E-state index is -0.207. The van der Waals surface area contributed by atoms with Crippen molar-refractivity contribution in [1.82, 2.24) is 0 Å². The summed E-state index contributed by atoms with van der Waals surface area (Å²) in [5.74, 6) is 0.728. The zero-order valence-corrected chi connectivity index (χ0v) is 16.9. The van der Waals surface area contributed by atoms with E-state index in [2.05, 4.69) is 48.5 Å². The molecule has 0 fully saturated rings. The van der Waals surface area contributed by atoms with Gasteiger partial charge in [0.15, 0.2) is 5.78 Å². The fourth-order valence-corrected chi connectivity index (χ4v) is 4.85. The molecule has 0 atom stereocenters. The molecule has 5 rings (SSSR count). The van der Waals surface area contributed by atoms with Crippen molar-refractivity contribution in [2.45, 2.75) is 32.1 Å². The van der Waals surface area contributed by atoms with Crippen molar-refractivity contribution in [3.8, 4) is 5.75 Å². The molecule has 0 N–H and O–H groups in total. The second kappa shape index (κ2) is 6.73. The minimum Gasteiger partial charge on any atom is -0.488 e. The predicted molar refractivity (Wildman–Crippen MR) is 118 cm³/mol. The van der Waals surface area contributed by atoms with Gasteiger partial charge in [-0.1, -0.05) is 60.7 Å². The topological polar surface area (TPSA) is 26.3 Å². The minimum absolute atomic E-state index is 0.0384. The van der Waals surface area contributed by atoms with Crippen LogP contribution < -0.4 is 4.74 Å². The van der Waals surface area contributed by atoms with Gasteiger partial charge in [-0.3, -0.25) is 4.79 Å². The fraction of sp³-hybridized carbons (Fsp3) is 0.222. The number of hydrogen-bond donors (Lipinski definition) is 0. The van der Waals surface area contributed by atoms with E-state index in [1.807, 2.05) is 32.1 Å². The Kier molecular flexibility index (Phi) is 4.16. The third-order valence-corrected chi connectivity index (χ3v) is 6.40. The van der Waals surface area contributed by atoms with Crippen molar-refractivity contribution in [2.75, 3.05) is 6.61 Å². The predicted octanol–water partition coefficient (Wildman–Crippen LogP) is 5.97. The van der Waals surface area contributed by atoms with Crippen molar-refractivity contribution in [1.29, 1.82) is 0 Å². The van der Waals surface area contributed by atoms with Gasteiger partial charge in [-0.25, -0.2) is 0 Å². The second-order valence-corrected chi connectivity index (χ2v) is 8.24. The van der Waals surface area contributed by atoms with E-state index in [0.717, 1.165) is 29.5 Å². The third-order valence-electron chi connectivity index (χ3n) is 6.40. The maximum absolute atomic E-state index is 12.9. The Labute approximate surface area is 171 Å². The second-order valence-electron chi connectivity index (χ2n) is 8.24. The molecule has 0 aliphatic heterocycles. The number of rotatable bonds is 3. The molecule has 29 heavy (non-hydrogen) atoms. The maximum Gasteiger partial charge on any atom is 0.189 e. The van der Waals surface area contributed by atoms with Crippen LogP contribution in [0.25, 0.3) is 10.8 Å². The molecule has 3 aromatic carbocycles. The van der Waals surface area contributed by atoms with Crippen molar-refractivity contribution in [3.05, 3.63) is 101 Å². The highest BCUT2D eigenvalue weighted by atomic mass is 16.5. The van der Waals surface area contributed by atoms with Crippen LogP contribution in [-0.2, 0) is 18.3 Å². The number of carbonyl (C=O) groups is 1. The van der Waals surface area contributed by atoms with Crippen molar-refractivity contribution < 1.29 is 9.53 Å². The normalized spacial score (nSPS) is 16.9. The molecule has 1 spiro atoms. The number of carbonyl (C=O) groups excluding carboxylic acids is 1. The van der Waals surface area contributed by atoms with Gasteiger partial charge < -0.3 is 4.74 Å². The molecular weight excluding hydrogens is 356 g/mol. The Hall–Kier alpha value is -3.13. The lowest BCUT2D eigenvalue weighted by Gasteiger charge is -2.39. The average Bonchev–Trinajstić information content (AvgIpc) is 2.75. The van der Waals surface area contributed by atoms with Crippen molar-refractivity contribution in [3.63, 3.8) is 0 Å². The number of ketones is 1. The molecule has 2 aliphatic rings. The van der Waals surface area contributed by atoms with E-state index in [1.54, 1.807) is 6.08 Å². The standard InChI is InChI=1S/C27H24O2/c1-3-18(2)17-29-24-12-6-11-22-26(24)23(28)13-14-27(22)15-20-9-4-7-19-8-5-10-21(16-27)25(19)20/h3-14H,15-17H2,1-2H3/b18-3-. The summed E-state index contributed by atoms with van der Waals surface area (Å²) >= 11 is 0. The summed E-state index contributed by atoms with van der Waals surface area (Å²) < 4.78 is 6.07. The van der Waals surface area contributed by atoms with Gasteiger partial charge in [-0.05, 0) is 71.9 Å². The molecular formula is C27H24O2. The third kappa shape index (κ3) is 2.82. The Bertz CT molecular complexity index is 1160. The Morgan fingerprint density at radius 1 is 1.03 bits per heavy atom. The van der Waals surface area contributed by atoms with E-state index in [9.17, 15) is 4.79 Å². The quantitative estimate of drug-likeness (QED) is 0.523. The monoisotopic (exact) mass is 380 g/mol. The zero-order chi connectivity index (χ0) is 20.0. The van der Waals surface area contributed by atoms with E-state index >= 15 is 0 Å². The van der Waals surface area contributed by atoms with Crippen LogP contribution in [-0.4, -0.2) is 12.4 Å². The summed E-state index contributed by atoms with van der Waals surface area (Å²) in [5, 5.41) is 2.67. The van der Waals surface area contributed by atoms with E-state index in [-0.39, 0.29) is 11.2 Å². The zero-order valence-electron chi connectivity index (χ0n) is 16.9. The molecule has 2 aliphatic carbocycles. The summed E-state index contributed by atoms with van der Waals surface area (Å²) in [6, 6.07) is 19.2.